The van der Waals surface area contributed by atoms with E-state index in [1.165, 1.54) is 122 Å². The Morgan fingerprint density at radius 3 is 1.57 bits per heavy atom. The number of rotatable bonds is 6. The number of hydrogen-bond donors (Lipinski definition) is 0. The van der Waals surface area contributed by atoms with Crippen molar-refractivity contribution in [3.63, 3.8) is 0 Å². The van der Waals surface area contributed by atoms with Gasteiger partial charge in [-0.25, -0.2) is 4.98 Å². The maximum atomic E-state index is 5.20. The molecule has 4 heterocycles. The zero-order chi connectivity index (χ0) is 36.7. The Balaban J connectivity index is 0.920. The van der Waals surface area contributed by atoms with Crippen LogP contribution < -0.4 is 0 Å². The Labute approximate surface area is 326 Å². The highest BCUT2D eigenvalue weighted by atomic mass is 15.1. The van der Waals surface area contributed by atoms with Gasteiger partial charge in [0.2, 0.25) is 0 Å². The highest BCUT2D eigenvalue weighted by Crippen LogP contribution is 2.44. The number of benzene rings is 6. The zero-order valence-electron chi connectivity index (χ0n) is 31.6. The molecule has 2 atom stereocenters. The molecule has 2 aliphatic carbocycles. The topological polar surface area (TPSA) is 27.7 Å². The summed E-state index contributed by atoms with van der Waals surface area (Å²) in [7, 11) is 0. The number of nitrogens with zero attached hydrogens (tertiary/aromatic N) is 4. The van der Waals surface area contributed by atoms with Gasteiger partial charge in [-0.15, -0.1) is 0 Å². The molecule has 0 spiro atoms. The SMILES string of the molecule is c1ccc2c(c1)c1ccccc1n2-c1ccc2c(c1)c1ccccc1n2-c1ccc(-n2c3ccccc3c3cc(CCC4CC5CCCC(C5)C4)ccc32)nc1. The first-order valence-electron chi connectivity index (χ1n) is 20.8. The molecular formula is C52H44N4. The van der Waals surface area contributed by atoms with Crippen molar-refractivity contribution in [2.45, 2.75) is 51.4 Å². The predicted molar refractivity (Wildman–Crippen MR) is 234 cm³/mol. The summed E-state index contributed by atoms with van der Waals surface area (Å²) in [5.41, 5.74) is 10.9. The molecule has 4 aromatic heterocycles. The fourth-order valence-corrected chi connectivity index (χ4v) is 11.1. The molecule has 2 unspecified atom stereocenters. The van der Waals surface area contributed by atoms with Gasteiger partial charge in [0.1, 0.15) is 5.82 Å². The van der Waals surface area contributed by atoms with Crippen LogP contribution in [0.1, 0.15) is 50.5 Å². The van der Waals surface area contributed by atoms with Crippen LogP contribution in [-0.4, -0.2) is 18.7 Å². The van der Waals surface area contributed by atoms with Crippen molar-refractivity contribution in [3.8, 4) is 17.2 Å². The van der Waals surface area contributed by atoms with E-state index in [2.05, 4.69) is 165 Å². The molecule has 0 saturated heterocycles. The molecule has 0 aliphatic heterocycles. The van der Waals surface area contributed by atoms with Gasteiger partial charge < -0.3 is 9.13 Å². The fraction of sp³-hybridized carbons (Fsp3) is 0.212. The number of aromatic nitrogens is 4. The molecule has 2 fully saturated rings. The van der Waals surface area contributed by atoms with E-state index in [9.17, 15) is 0 Å². The molecule has 2 saturated carbocycles. The number of para-hydroxylation sites is 4. The second-order valence-electron chi connectivity index (χ2n) is 16.8. The van der Waals surface area contributed by atoms with E-state index in [4.69, 9.17) is 4.98 Å². The van der Waals surface area contributed by atoms with Gasteiger partial charge in [-0.05, 0) is 122 Å². The largest absolute Gasteiger partial charge is 0.309 e. The summed E-state index contributed by atoms with van der Waals surface area (Å²) >= 11 is 0. The number of aryl methyl sites for hydroxylation is 1. The van der Waals surface area contributed by atoms with Crippen molar-refractivity contribution >= 4 is 65.4 Å². The Morgan fingerprint density at radius 2 is 0.946 bits per heavy atom. The second-order valence-corrected chi connectivity index (χ2v) is 16.8. The van der Waals surface area contributed by atoms with Gasteiger partial charge in [0, 0.05) is 38.0 Å². The van der Waals surface area contributed by atoms with Crippen LogP contribution in [0.3, 0.4) is 0 Å². The number of hydrogen-bond acceptors (Lipinski definition) is 1. The van der Waals surface area contributed by atoms with Crippen molar-refractivity contribution < 1.29 is 0 Å². The molecule has 0 radical (unpaired) electrons. The predicted octanol–water partition coefficient (Wildman–Crippen LogP) is 13.5. The Kier molecular flexibility index (Phi) is 7.30. The molecule has 6 aromatic carbocycles. The van der Waals surface area contributed by atoms with Crippen LogP contribution in [-0.2, 0) is 6.42 Å². The van der Waals surface area contributed by atoms with Gasteiger partial charge in [-0.3, -0.25) is 4.57 Å². The molecule has 2 bridgehead atoms. The summed E-state index contributed by atoms with van der Waals surface area (Å²) in [5.74, 6) is 3.82. The lowest BCUT2D eigenvalue weighted by Crippen LogP contribution is -2.27. The Bertz CT molecular complexity index is 3050. The van der Waals surface area contributed by atoms with Gasteiger partial charge in [0.25, 0.3) is 0 Å². The van der Waals surface area contributed by atoms with Gasteiger partial charge in [-0.1, -0.05) is 98.1 Å². The lowest BCUT2D eigenvalue weighted by molar-refractivity contribution is 0.132. The van der Waals surface area contributed by atoms with E-state index >= 15 is 0 Å². The number of fused-ring (bicyclic) bond motifs is 11. The Morgan fingerprint density at radius 1 is 0.446 bits per heavy atom. The average Bonchev–Trinajstić information content (AvgIpc) is 3.88. The van der Waals surface area contributed by atoms with Crippen LogP contribution in [0.25, 0.3) is 82.6 Å². The lowest BCUT2D eigenvalue weighted by atomic mass is 9.67. The van der Waals surface area contributed by atoms with Crippen LogP contribution in [0.5, 0.6) is 0 Å². The van der Waals surface area contributed by atoms with Crippen LogP contribution >= 0.6 is 0 Å². The van der Waals surface area contributed by atoms with Crippen LogP contribution in [0, 0.1) is 17.8 Å². The summed E-state index contributed by atoms with van der Waals surface area (Å²) in [6, 6.07) is 53.6. The van der Waals surface area contributed by atoms with Crippen molar-refractivity contribution in [1.29, 1.82) is 0 Å². The van der Waals surface area contributed by atoms with E-state index in [1.807, 2.05) is 0 Å². The van der Waals surface area contributed by atoms with Crippen molar-refractivity contribution in [3.05, 3.63) is 157 Å². The Hall–Kier alpha value is -6.13. The molecule has 12 rings (SSSR count). The second kappa shape index (κ2) is 12.7. The molecule has 0 N–H and O–H groups in total. The molecule has 2 aliphatic rings. The van der Waals surface area contributed by atoms with Gasteiger partial charge >= 0.3 is 0 Å². The third kappa shape index (κ3) is 5.01. The molecule has 4 nitrogen and oxygen atoms in total. The van der Waals surface area contributed by atoms with E-state index < -0.39 is 0 Å². The standard InChI is InChI=1S/C52H44N4/c1-5-16-46-40(12-1)41-13-2-6-17-47(41)54(46)38-23-26-50-45(32-38)43-15-3-7-18-48(43)55(50)39-24-27-52(53-33-39)56-49-19-8-4-14-42(49)44-31-34(22-25-51(44)56)20-21-37-29-35-10-9-11-36(28-35)30-37/h1-8,12-19,22-27,31-33,35-37H,9-11,20-21,28-30H2. The summed E-state index contributed by atoms with van der Waals surface area (Å²) in [6.07, 6.45) is 13.4. The summed E-state index contributed by atoms with van der Waals surface area (Å²) < 4.78 is 7.13. The molecule has 4 heteroatoms. The zero-order valence-corrected chi connectivity index (χ0v) is 31.6. The van der Waals surface area contributed by atoms with Crippen LogP contribution in [0.4, 0.5) is 0 Å². The van der Waals surface area contributed by atoms with Crippen molar-refractivity contribution in [2.75, 3.05) is 0 Å². The lowest BCUT2D eigenvalue weighted by Gasteiger charge is -2.39. The van der Waals surface area contributed by atoms with Crippen LogP contribution in [0.2, 0.25) is 0 Å². The normalized spacial score (nSPS) is 18.6. The molecule has 272 valence electrons. The van der Waals surface area contributed by atoms with Gasteiger partial charge in [0.15, 0.2) is 0 Å². The van der Waals surface area contributed by atoms with E-state index in [0.29, 0.717) is 0 Å². The van der Waals surface area contributed by atoms with E-state index in [1.54, 1.807) is 0 Å². The average molecular weight is 725 g/mol. The van der Waals surface area contributed by atoms with E-state index in [-0.39, 0.29) is 0 Å². The minimum Gasteiger partial charge on any atom is -0.309 e. The quantitative estimate of drug-likeness (QED) is 0.168. The molecule has 56 heavy (non-hydrogen) atoms. The first-order valence-corrected chi connectivity index (χ1v) is 20.8. The van der Waals surface area contributed by atoms with Crippen LogP contribution in [0.15, 0.2) is 152 Å². The molecule has 10 aromatic rings. The summed E-state index contributed by atoms with van der Waals surface area (Å²) in [5, 5.41) is 7.64. The highest BCUT2D eigenvalue weighted by Gasteiger charge is 2.31. The first-order chi connectivity index (χ1) is 27.7. The summed E-state index contributed by atoms with van der Waals surface area (Å²) in [6.45, 7) is 0. The van der Waals surface area contributed by atoms with E-state index in [0.717, 1.165) is 34.9 Å². The van der Waals surface area contributed by atoms with Crippen molar-refractivity contribution in [2.24, 2.45) is 17.8 Å². The monoisotopic (exact) mass is 724 g/mol. The van der Waals surface area contributed by atoms with Gasteiger partial charge in [0.05, 0.1) is 45.0 Å². The smallest absolute Gasteiger partial charge is 0.137 e. The minimum atomic E-state index is 0.899. The van der Waals surface area contributed by atoms with Crippen molar-refractivity contribution in [1.82, 2.24) is 18.7 Å². The molecule has 0 amide bonds. The maximum Gasteiger partial charge on any atom is 0.137 e. The third-order valence-corrected chi connectivity index (χ3v) is 13.5. The van der Waals surface area contributed by atoms with Gasteiger partial charge in [-0.2, -0.15) is 0 Å². The minimum absolute atomic E-state index is 0.899. The maximum absolute atomic E-state index is 5.20. The third-order valence-electron chi connectivity index (χ3n) is 13.5. The fourth-order valence-electron chi connectivity index (χ4n) is 11.1. The number of pyridine rings is 1. The first kappa shape index (κ1) is 32.1. The highest BCUT2D eigenvalue weighted by molar-refractivity contribution is 6.12. The summed E-state index contributed by atoms with van der Waals surface area (Å²) in [4.78, 5) is 5.20. The molecular weight excluding hydrogens is 681 g/mol.